The van der Waals surface area contributed by atoms with Crippen molar-refractivity contribution in [2.45, 2.75) is 58.9 Å². The summed E-state index contributed by atoms with van der Waals surface area (Å²) in [5.74, 6) is 0.778. The van der Waals surface area contributed by atoms with Gasteiger partial charge < -0.3 is 10.1 Å². The average Bonchev–Trinajstić information content (AvgIpc) is 2.45. The van der Waals surface area contributed by atoms with Crippen LogP contribution in [0.15, 0.2) is 12.1 Å². The minimum absolute atomic E-state index is 0.601. The highest BCUT2D eigenvalue weighted by Gasteiger charge is 2.10. The molecule has 2 nitrogen and oxygen atoms in total. The first-order valence-corrected chi connectivity index (χ1v) is 8.76. The maximum Gasteiger partial charge on any atom is 0.142 e. The highest BCUT2D eigenvalue weighted by molar-refractivity contribution is 6.35. The summed E-state index contributed by atoms with van der Waals surface area (Å²) < 4.78 is 5.90. The molecule has 0 heterocycles. The van der Waals surface area contributed by atoms with Crippen molar-refractivity contribution in [3.05, 3.63) is 27.7 Å². The lowest BCUT2D eigenvalue weighted by molar-refractivity contribution is 0.301. The number of ether oxygens (including phenoxy) is 1. The molecule has 0 amide bonds. The Balaban J connectivity index is 2.53. The van der Waals surface area contributed by atoms with Gasteiger partial charge in [-0.25, -0.2) is 0 Å². The van der Waals surface area contributed by atoms with Crippen molar-refractivity contribution >= 4 is 23.2 Å². The van der Waals surface area contributed by atoms with Crippen LogP contribution in [0.3, 0.4) is 0 Å². The third kappa shape index (κ3) is 7.39. The molecule has 4 heteroatoms. The molecule has 21 heavy (non-hydrogen) atoms. The van der Waals surface area contributed by atoms with Gasteiger partial charge in [0, 0.05) is 17.1 Å². The minimum atomic E-state index is 0.601. The van der Waals surface area contributed by atoms with Crippen LogP contribution in [0.2, 0.25) is 10.0 Å². The number of rotatable bonds is 11. The average molecular weight is 332 g/mol. The lowest BCUT2D eigenvalue weighted by atomic mass is 10.1. The summed E-state index contributed by atoms with van der Waals surface area (Å²) in [7, 11) is 0. The van der Waals surface area contributed by atoms with Crippen LogP contribution in [0.5, 0.6) is 5.75 Å². The fraction of sp³-hybridized carbons (Fsp3) is 0.647. The molecule has 1 rings (SSSR count). The second-order valence-corrected chi connectivity index (χ2v) is 6.16. The Morgan fingerprint density at radius 1 is 1.00 bits per heavy atom. The van der Waals surface area contributed by atoms with Crippen molar-refractivity contribution in [3.8, 4) is 5.75 Å². The number of hydrogen-bond acceptors (Lipinski definition) is 2. The van der Waals surface area contributed by atoms with Gasteiger partial charge in [-0.15, -0.1) is 0 Å². The predicted molar refractivity (Wildman–Crippen MR) is 92.7 cm³/mol. The van der Waals surface area contributed by atoms with E-state index in [0.717, 1.165) is 37.2 Å². The van der Waals surface area contributed by atoms with Gasteiger partial charge in [0.25, 0.3) is 0 Å². The molecule has 0 atom stereocenters. The molecule has 0 spiro atoms. The van der Waals surface area contributed by atoms with Crippen LogP contribution in [0.4, 0.5) is 0 Å². The Kier molecular flexibility index (Phi) is 9.90. The van der Waals surface area contributed by atoms with Gasteiger partial charge in [0.2, 0.25) is 0 Å². The normalized spacial score (nSPS) is 10.9. The first-order valence-electron chi connectivity index (χ1n) is 8.00. The fourth-order valence-corrected chi connectivity index (χ4v) is 2.78. The van der Waals surface area contributed by atoms with Gasteiger partial charge in [-0.05, 0) is 31.5 Å². The standard InChI is InChI=1S/C17H27Cl2NO/c1-3-5-6-7-8-10-21-17-14(13-20-9-4-2)11-15(18)12-16(17)19/h11-12,20H,3-10,13H2,1-2H3. The molecule has 0 bridgehead atoms. The smallest absolute Gasteiger partial charge is 0.142 e. The molecule has 120 valence electrons. The topological polar surface area (TPSA) is 21.3 Å². The molecule has 1 N–H and O–H groups in total. The second kappa shape index (κ2) is 11.2. The number of unbranched alkanes of at least 4 members (excludes halogenated alkanes) is 4. The summed E-state index contributed by atoms with van der Waals surface area (Å²) in [6, 6.07) is 3.68. The third-order valence-electron chi connectivity index (χ3n) is 3.32. The van der Waals surface area contributed by atoms with Crippen LogP contribution >= 0.6 is 23.2 Å². The largest absolute Gasteiger partial charge is 0.492 e. The maximum absolute atomic E-state index is 6.27. The summed E-state index contributed by atoms with van der Waals surface area (Å²) in [5, 5.41) is 4.62. The predicted octanol–water partition coefficient (Wildman–Crippen LogP) is 5.84. The molecule has 0 saturated carbocycles. The van der Waals surface area contributed by atoms with Gasteiger partial charge in [-0.3, -0.25) is 0 Å². The molecule has 0 aliphatic rings. The van der Waals surface area contributed by atoms with Crippen molar-refractivity contribution < 1.29 is 4.74 Å². The fourth-order valence-electron chi connectivity index (χ4n) is 2.19. The quantitative estimate of drug-likeness (QED) is 0.514. The number of hydrogen-bond donors (Lipinski definition) is 1. The van der Waals surface area contributed by atoms with Crippen molar-refractivity contribution in [1.29, 1.82) is 0 Å². The summed E-state index contributed by atoms with van der Waals surface area (Å²) in [4.78, 5) is 0. The zero-order valence-corrected chi connectivity index (χ0v) is 14.7. The van der Waals surface area contributed by atoms with E-state index in [4.69, 9.17) is 27.9 Å². The molecule has 0 aliphatic carbocycles. The van der Waals surface area contributed by atoms with Crippen LogP contribution in [0.1, 0.15) is 57.9 Å². The summed E-state index contributed by atoms with van der Waals surface area (Å²) in [6.07, 6.45) is 7.22. The Morgan fingerprint density at radius 2 is 1.76 bits per heavy atom. The summed E-state index contributed by atoms with van der Waals surface area (Å²) in [5.41, 5.74) is 1.04. The molecule has 0 saturated heterocycles. The molecular weight excluding hydrogens is 305 g/mol. The molecule has 0 aromatic heterocycles. The van der Waals surface area contributed by atoms with E-state index < -0.39 is 0 Å². The van der Waals surface area contributed by atoms with Crippen molar-refractivity contribution in [3.63, 3.8) is 0 Å². The van der Waals surface area contributed by atoms with Crippen LogP contribution in [-0.4, -0.2) is 13.2 Å². The van der Waals surface area contributed by atoms with E-state index in [1.54, 1.807) is 6.07 Å². The van der Waals surface area contributed by atoms with Gasteiger partial charge in [-0.2, -0.15) is 0 Å². The maximum atomic E-state index is 6.27. The zero-order chi connectivity index (χ0) is 15.5. The molecule has 0 fully saturated rings. The van der Waals surface area contributed by atoms with Gasteiger partial charge >= 0.3 is 0 Å². The Labute approximate surface area is 139 Å². The lowest BCUT2D eigenvalue weighted by Gasteiger charge is -2.14. The number of benzene rings is 1. The van der Waals surface area contributed by atoms with Gasteiger partial charge in [0.1, 0.15) is 5.75 Å². The lowest BCUT2D eigenvalue weighted by Crippen LogP contribution is -2.15. The number of halogens is 2. The van der Waals surface area contributed by atoms with Crippen molar-refractivity contribution in [1.82, 2.24) is 5.32 Å². The third-order valence-corrected chi connectivity index (χ3v) is 3.82. The van der Waals surface area contributed by atoms with Gasteiger partial charge in [0.15, 0.2) is 0 Å². The van der Waals surface area contributed by atoms with E-state index >= 15 is 0 Å². The summed E-state index contributed by atoms with van der Waals surface area (Å²) in [6.45, 7) is 6.79. The SMILES string of the molecule is CCCCCCCOc1c(Cl)cc(Cl)cc1CNCCC. The van der Waals surface area contributed by atoms with Gasteiger partial charge in [0.05, 0.1) is 11.6 Å². The monoisotopic (exact) mass is 331 g/mol. The molecule has 0 radical (unpaired) electrons. The van der Waals surface area contributed by atoms with Crippen LogP contribution in [0, 0.1) is 0 Å². The first kappa shape index (κ1) is 18.6. The van der Waals surface area contributed by atoms with Crippen LogP contribution in [0.25, 0.3) is 0 Å². The molecule has 1 aromatic rings. The van der Waals surface area contributed by atoms with Crippen molar-refractivity contribution in [2.75, 3.05) is 13.2 Å². The molecule has 1 aromatic carbocycles. The van der Waals surface area contributed by atoms with E-state index in [-0.39, 0.29) is 0 Å². The highest BCUT2D eigenvalue weighted by atomic mass is 35.5. The van der Waals surface area contributed by atoms with Crippen molar-refractivity contribution in [2.24, 2.45) is 0 Å². The molecule has 0 unspecified atom stereocenters. The Morgan fingerprint density at radius 3 is 2.48 bits per heavy atom. The van der Waals surface area contributed by atoms with Gasteiger partial charge in [-0.1, -0.05) is 62.7 Å². The van der Waals surface area contributed by atoms with Crippen LogP contribution in [-0.2, 0) is 6.54 Å². The van der Waals surface area contributed by atoms with E-state index in [1.165, 1.54) is 25.7 Å². The van der Waals surface area contributed by atoms with Crippen LogP contribution < -0.4 is 10.1 Å². The highest BCUT2D eigenvalue weighted by Crippen LogP contribution is 2.32. The number of nitrogens with one attached hydrogen (secondary N) is 1. The van der Waals surface area contributed by atoms with E-state index in [9.17, 15) is 0 Å². The Bertz CT molecular complexity index is 410. The first-order chi connectivity index (χ1) is 10.2. The zero-order valence-electron chi connectivity index (χ0n) is 13.2. The second-order valence-electron chi connectivity index (χ2n) is 5.32. The van der Waals surface area contributed by atoms with E-state index in [0.29, 0.717) is 16.7 Å². The van der Waals surface area contributed by atoms with E-state index in [2.05, 4.69) is 19.2 Å². The Hall–Kier alpha value is -0.440. The summed E-state index contributed by atoms with van der Waals surface area (Å²) >= 11 is 12.4. The van der Waals surface area contributed by atoms with E-state index in [1.807, 2.05) is 6.07 Å². The minimum Gasteiger partial charge on any atom is -0.492 e. The molecular formula is C17H27Cl2NO. The molecule has 0 aliphatic heterocycles.